The molecule has 0 fully saturated rings. The molecule has 0 spiro atoms. The number of rotatable bonds is 6. The first-order chi connectivity index (χ1) is 6.02. The van der Waals surface area contributed by atoms with Crippen molar-refractivity contribution < 1.29 is 17.9 Å². The largest absolute Gasteiger partial charge is 0.468 e. The lowest BCUT2D eigenvalue weighted by Crippen LogP contribution is -2.27. The van der Waals surface area contributed by atoms with E-state index >= 15 is 0 Å². The van der Waals surface area contributed by atoms with E-state index in [1.165, 1.54) is 7.11 Å². The van der Waals surface area contributed by atoms with Gasteiger partial charge in [-0.3, -0.25) is 4.79 Å². The van der Waals surface area contributed by atoms with Gasteiger partial charge in [-0.1, -0.05) is 6.92 Å². The van der Waals surface area contributed by atoms with Crippen LogP contribution in [0.4, 0.5) is 0 Å². The van der Waals surface area contributed by atoms with Crippen LogP contribution in [-0.4, -0.2) is 46.1 Å². The number of hydrogen-bond acceptors (Lipinski definition) is 5. The summed E-state index contributed by atoms with van der Waals surface area (Å²) in [5.41, 5.74) is 0. The fourth-order valence-corrected chi connectivity index (χ4v) is 1.79. The molecule has 0 aliphatic heterocycles. The number of sulfone groups is 1. The lowest BCUT2D eigenvalue weighted by atomic mass is 10.7. The standard InChI is InChI=1S/C7H15NO4S/c1-3-8-4-5-13(10,11)6-7(9)12-2/h8H,3-6H2,1-2H3. The summed E-state index contributed by atoms with van der Waals surface area (Å²) in [6.07, 6.45) is 0. The maximum atomic E-state index is 11.1. The van der Waals surface area contributed by atoms with Crippen molar-refractivity contribution in [1.29, 1.82) is 0 Å². The van der Waals surface area contributed by atoms with E-state index in [0.717, 1.165) is 0 Å². The third-order valence-corrected chi connectivity index (χ3v) is 2.91. The maximum Gasteiger partial charge on any atom is 0.320 e. The second-order valence-corrected chi connectivity index (χ2v) is 4.71. The van der Waals surface area contributed by atoms with Crippen molar-refractivity contribution in [2.24, 2.45) is 0 Å². The van der Waals surface area contributed by atoms with Gasteiger partial charge in [0.15, 0.2) is 9.84 Å². The molecule has 0 aliphatic rings. The second-order valence-electron chi connectivity index (χ2n) is 2.52. The fourth-order valence-electron chi connectivity index (χ4n) is 0.715. The first-order valence-corrected chi connectivity index (χ1v) is 5.82. The molecule has 0 radical (unpaired) electrons. The number of carbonyl (C=O) groups is 1. The van der Waals surface area contributed by atoms with Gasteiger partial charge < -0.3 is 10.1 Å². The van der Waals surface area contributed by atoms with Gasteiger partial charge in [0.05, 0.1) is 12.9 Å². The van der Waals surface area contributed by atoms with Gasteiger partial charge in [0.25, 0.3) is 0 Å². The van der Waals surface area contributed by atoms with E-state index in [2.05, 4.69) is 10.1 Å². The molecule has 0 atom stereocenters. The average Bonchev–Trinajstić information content (AvgIpc) is 2.03. The number of nitrogens with one attached hydrogen (secondary N) is 1. The Hall–Kier alpha value is -0.620. The molecular weight excluding hydrogens is 194 g/mol. The number of carbonyl (C=O) groups excluding carboxylic acids is 1. The Kier molecular flexibility index (Phi) is 5.65. The van der Waals surface area contributed by atoms with Crippen molar-refractivity contribution in [3.63, 3.8) is 0 Å². The van der Waals surface area contributed by atoms with Crippen LogP contribution in [-0.2, 0) is 19.4 Å². The van der Waals surface area contributed by atoms with Crippen molar-refractivity contribution in [2.75, 3.05) is 31.7 Å². The molecule has 0 aromatic rings. The quantitative estimate of drug-likeness (QED) is 0.457. The summed E-state index contributed by atoms with van der Waals surface area (Å²) in [6.45, 7) is 2.97. The van der Waals surface area contributed by atoms with E-state index < -0.39 is 21.6 Å². The summed E-state index contributed by atoms with van der Waals surface area (Å²) in [4.78, 5) is 10.6. The van der Waals surface area contributed by atoms with Crippen molar-refractivity contribution >= 4 is 15.8 Å². The van der Waals surface area contributed by atoms with Crippen LogP contribution < -0.4 is 5.32 Å². The monoisotopic (exact) mass is 209 g/mol. The Morgan fingerprint density at radius 2 is 2.08 bits per heavy atom. The van der Waals surface area contributed by atoms with Crippen LogP contribution in [0.2, 0.25) is 0 Å². The van der Waals surface area contributed by atoms with E-state index in [1.54, 1.807) is 0 Å². The summed E-state index contributed by atoms with van der Waals surface area (Å²) in [5, 5.41) is 2.86. The molecular formula is C7H15NO4S. The van der Waals surface area contributed by atoms with Crippen LogP contribution in [0.5, 0.6) is 0 Å². The minimum absolute atomic E-state index is 0.0318. The maximum absolute atomic E-state index is 11.1. The van der Waals surface area contributed by atoms with Crippen LogP contribution in [0.1, 0.15) is 6.92 Å². The third-order valence-electron chi connectivity index (χ3n) is 1.41. The highest BCUT2D eigenvalue weighted by molar-refractivity contribution is 7.92. The Morgan fingerprint density at radius 1 is 1.46 bits per heavy atom. The summed E-state index contributed by atoms with van der Waals surface area (Å²) in [7, 11) is -2.13. The molecule has 0 aromatic carbocycles. The summed E-state index contributed by atoms with van der Waals surface area (Å²) in [6, 6.07) is 0. The molecule has 0 unspecified atom stereocenters. The topological polar surface area (TPSA) is 72.5 Å². The van der Waals surface area contributed by atoms with E-state index in [4.69, 9.17) is 0 Å². The van der Waals surface area contributed by atoms with Gasteiger partial charge in [-0.25, -0.2) is 8.42 Å². The third kappa shape index (κ3) is 6.53. The zero-order chi connectivity index (χ0) is 10.3. The molecule has 0 saturated carbocycles. The number of methoxy groups -OCH3 is 1. The van der Waals surface area contributed by atoms with Crippen molar-refractivity contribution in [2.45, 2.75) is 6.92 Å². The zero-order valence-electron chi connectivity index (χ0n) is 7.87. The number of hydrogen-bond donors (Lipinski definition) is 1. The molecule has 5 nitrogen and oxygen atoms in total. The Labute approximate surface area is 78.4 Å². The predicted octanol–water partition coefficient (Wildman–Crippen LogP) is -0.816. The Morgan fingerprint density at radius 3 is 2.54 bits per heavy atom. The Bertz CT molecular complexity index is 247. The van der Waals surface area contributed by atoms with E-state index in [-0.39, 0.29) is 5.75 Å². The second kappa shape index (κ2) is 5.93. The van der Waals surface area contributed by atoms with Crippen LogP contribution in [0, 0.1) is 0 Å². The molecule has 6 heteroatoms. The molecule has 0 amide bonds. The van der Waals surface area contributed by atoms with Crippen LogP contribution in [0.25, 0.3) is 0 Å². The highest BCUT2D eigenvalue weighted by Crippen LogP contribution is 1.90. The zero-order valence-corrected chi connectivity index (χ0v) is 8.69. The van der Waals surface area contributed by atoms with E-state index in [0.29, 0.717) is 13.1 Å². The van der Waals surface area contributed by atoms with Crippen molar-refractivity contribution in [3.8, 4) is 0 Å². The molecule has 13 heavy (non-hydrogen) atoms. The summed E-state index contributed by atoms with van der Waals surface area (Å²) in [5.74, 6) is -1.28. The number of esters is 1. The van der Waals surface area contributed by atoms with Gasteiger partial charge in [0, 0.05) is 6.54 Å². The van der Waals surface area contributed by atoms with Gasteiger partial charge in [0.1, 0.15) is 5.75 Å². The lowest BCUT2D eigenvalue weighted by molar-refractivity contribution is -0.137. The van der Waals surface area contributed by atoms with Gasteiger partial charge in [-0.2, -0.15) is 0 Å². The molecule has 0 aliphatic carbocycles. The van der Waals surface area contributed by atoms with Crippen molar-refractivity contribution in [3.05, 3.63) is 0 Å². The van der Waals surface area contributed by atoms with Crippen LogP contribution >= 0.6 is 0 Å². The smallest absolute Gasteiger partial charge is 0.320 e. The Balaban J connectivity index is 3.88. The first-order valence-electron chi connectivity index (χ1n) is 3.99. The molecule has 0 saturated heterocycles. The van der Waals surface area contributed by atoms with E-state index in [9.17, 15) is 13.2 Å². The van der Waals surface area contributed by atoms with Gasteiger partial charge >= 0.3 is 5.97 Å². The first kappa shape index (κ1) is 12.4. The molecule has 0 bridgehead atoms. The normalized spacial score (nSPS) is 11.2. The van der Waals surface area contributed by atoms with Crippen molar-refractivity contribution in [1.82, 2.24) is 5.32 Å². The minimum Gasteiger partial charge on any atom is -0.468 e. The minimum atomic E-state index is -3.30. The van der Waals surface area contributed by atoms with Crippen LogP contribution in [0.3, 0.4) is 0 Å². The molecule has 0 aromatic heterocycles. The molecule has 0 heterocycles. The highest BCUT2D eigenvalue weighted by atomic mass is 32.2. The van der Waals surface area contributed by atoms with Gasteiger partial charge in [-0.15, -0.1) is 0 Å². The molecule has 0 rings (SSSR count). The van der Waals surface area contributed by atoms with Gasteiger partial charge in [0.2, 0.25) is 0 Å². The lowest BCUT2D eigenvalue weighted by Gasteiger charge is -2.02. The van der Waals surface area contributed by atoms with Gasteiger partial charge in [-0.05, 0) is 6.54 Å². The molecule has 1 N–H and O–H groups in total. The van der Waals surface area contributed by atoms with Crippen LogP contribution in [0.15, 0.2) is 0 Å². The number of ether oxygens (including phenoxy) is 1. The molecule has 78 valence electrons. The summed E-state index contributed by atoms with van der Waals surface area (Å²) >= 11 is 0. The average molecular weight is 209 g/mol. The predicted molar refractivity (Wildman–Crippen MR) is 49.2 cm³/mol. The van der Waals surface area contributed by atoms with E-state index in [1.807, 2.05) is 6.92 Å². The summed E-state index contributed by atoms with van der Waals surface area (Å²) < 4.78 is 26.5. The SMILES string of the molecule is CCNCCS(=O)(=O)CC(=O)OC. The highest BCUT2D eigenvalue weighted by Gasteiger charge is 2.15. The fraction of sp³-hybridized carbons (Fsp3) is 0.857.